The van der Waals surface area contributed by atoms with E-state index in [0.29, 0.717) is 17.7 Å². The van der Waals surface area contributed by atoms with Gasteiger partial charge in [0.2, 0.25) is 0 Å². The van der Waals surface area contributed by atoms with Crippen LogP contribution in [0.5, 0.6) is 0 Å². The van der Waals surface area contributed by atoms with E-state index >= 15 is 0 Å². The monoisotopic (exact) mass is 279 g/mol. The highest BCUT2D eigenvalue weighted by Gasteiger charge is 2.16. The summed E-state index contributed by atoms with van der Waals surface area (Å²) >= 11 is 3.06. The normalized spacial score (nSPS) is 12.7. The average molecular weight is 280 g/mol. The van der Waals surface area contributed by atoms with Gasteiger partial charge < -0.3 is 20.3 Å². The first-order valence-corrected chi connectivity index (χ1v) is 5.00. The van der Waals surface area contributed by atoms with Crippen molar-refractivity contribution in [2.24, 2.45) is 0 Å². The molecule has 0 aromatic carbocycles. The topological polar surface area (TPSA) is 101 Å². The lowest BCUT2D eigenvalue weighted by molar-refractivity contribution is -0.389. The third-order valence-electron chi connectivity index (χ3n) is 1.82. The van der Waals surface area contributed by atoms with Crippen LogP contribution in [0.15, 0.2) is 10.9 Å². The third kappa shape index (κ3) is 3.26. The number of imidazole rings is 1. The first-order chi connectivity index (χ1) is 7.04. The van der Waals surface area contributed by atoms with Crippen molar-refractivity contribution in [3.8, 4) is 0 Å². The summed E-state index contributed by atoms with van der Waals surface area (Å²) in [4.78, 5) is 13.4. The van der Waals surface area contributed by atoms with Gasteiger partial charge in [0.25, 0.3) is 4.73 Å². The van der Waals surface area contributed by atoms with Crippen LogP contribution in [0.25, 0.3) is 0 Å². The number of rotatable bonds is 5. The molecule has 0 aliphatic heterocycles. The standard InChI is InChI=1S/C7H10BrN3O4/c8-7-9-6(11(14)15)3-10(7)2-1-5(13)4-12/h3,5,12-13H,1-2,4H2/t5-/m0/s1. The second kappa shape index (κ2) is 5.19. The van der Waals surface area contributed by atoms with E-state index < -0.39 is 11.0 Å². The van der Waals surface area contributed by atoms with E-state index in [0.717, 1.165) is 0 Å². The van der Waals surface area contributed by atoms with Gasteiger partial charge in [0, 0.05) is 22.5 Å². The molecule has 1 rings (SSSR count). The van der Waals surface area contributed by atoms with Gasteiger partial charge >= 0.3 is 5.82 Å². The Labute approximate surface area is 93.6 Å². The van der Waals surface area contributed by atoms with Gasteiger partial charge in [-0.25, -0.2) is 0 Å². The highest BCUT2D eigenvalue weighted by Crippen LogP contribution is 2.16. The van der Waals surface area contributed by atoms with E-state index in [4.69, 9.17) is 10.2 Å². The lowest BCUT2D eigenvalue weighted by Crippen LogP contribution is -2.14. The van der Waals surface area contributed by atoms with Crippen LogP contribution in [-0.2, 0) is 6.54 Å². The minimum atomic E-state index is -0.821. The maximum Gasteiger partial charge on any atom is 0.382 e. The van der Waals surface area contributed by atoms with Crippen LogP contribution in [0.4, 0.5) is 5.82 Å². The first kappa shape index (κ1) is 12.1. The van der Waals surface area contributed by atoms with Gasteiger partial charge in [-0.15, -0.1) is 0 Å². The molecule has 0 amide bonds. The first-order valence-electron chi connectivity index (χ1n) is 4.20. The molecule has 1 aromatic heterocycles. The molecule has 0 aliphatic rings. The van der Waals surface area contributed by atoms with E-state index in [-0.39, 0.29) is 12.4 Å². The van der Waals surface area contributed by atoms with Gasteiger partial charge in [0.05, 0.1) is 12.7 Å². The molecule has 1 atom stereocenters. The number of halogens is 1. The maximum absolute atomic E-state index is 10.4. The predicted molar refractivity (Wildman–Crippen MR) is 54.3 cm³/mol. The summed E-state index contributed by atoms with van der Waals surface area (Å²) in [6.07, 6.45) is 0.759. The molecule has 84 valence electrons. The van der Waals surface area contributed by atoms with E-state index in [1.54, 1.807) is 0 Å². The summed E-state index contributed by atoms with van der Waals surface area (Å²) in [5, 5.41) is 28.1. The summed E-state index contributed by atoms with van der Waals surface area (Å²) in [5.74, 6) is -0.250. The van der Waals surface area contributed by atoms with Gasteiger partial charge in [-0.2, -0.15) is 0 Å². The van der Waals surface area contributed by atoms with Crippen molar-refractivity contribution in [3.63, 3.8) is 0 Å². The predicted octanol–water partition coefficient (Wildman–Crippen LogP) is 0.297. The summed E-state index contributed by atoms with van der Waals surface area (Å²) < 4.78 is 1.83. The Bertz CT molecular complexity index is 354. The van der Waals surface area contributed by atoms with E-state index in [1.165, 1.54) is 10.8 Å². The van der Waals surface area contributed by atoms with Crippen LogP contribution in [-0.4, -0.2) is 37.4 Å². The van der Waals surface area contributed by atoms with E-state index in [2.05, 4.69) is 20.9 Å². The molecular formula is C7H10BrN3O4. The lowest BCUT2D eigenvalue weighted by Gasteiger charge is -2.06. The van der Waals surface area contributed by atoms with Crippen molar-refractivity contribution in [1.82, 2.24) is 9.55 Å². The van der Waals surface area contributed by atoms with Crippen LogP contribution in [0.2, 0.25) is 0 Å². The van der Waals surface area contributed by atoms with Crippen LogP contribution >= 0.6 is 15.9 Å². The zero-order chi connectivity index (χ0) is 11.4. The molecule has 0 spiro atoms. The molecule has 0 fully saturated rings. The molecule has 0 radical (unpaired) electrons. The van der Waals surface area contributed by atoms with Gasteiger partial charge in [0.1, 0.15) is 6.20 Å². The Balaban J connectivity index is 2.65. The zero-order valence-corrected chi connectivity index (χ0v) is 9.29. The molecule has 0 saturated heterocycles. The molecule has 15 heavy (non-hydrogen) atoms. The Kier molecular flexibility index (Phi) is 4.18. The molecule has 0 bridgehead atoms. The van der Waals surface area contributed by atoms with Gasteiger partial charge in [0.15, 0.2) is 0 Å². The number of aliphatic hydroxyl groups excluding tert-OH is 2. The van der Waals surface area contributed by atoms with E-state index in [9.17, 15) is 10.1 Å². The summed E-state index contributed by atoms with van der Waals surface area (Å²) in [6, 6.07) is 0. The smallest absolute Gasteiger partial charge is 0.382 e. The van der Waals surface area contributed by atoms with Crippen LogP contribution in [0.1, 0.15) is 6.42 Å². The Morgan fingerprint density at radius 3 is 2.87 bits per heavy atom. The number of aliphatic hydroxyl groups is 2. The molecule has 0 saturated carbocycles. The molecule has 1 aromatic rings. The molecule has 7 nitrogen and oxygen atoms in total. The second-order valence-corrected chi connectivity index (χ2v) is 3.65. The molecule has 0 aliphatic carbocycles. The fourth-order valence-corrected chi connectivity index (χ4v) is 1.47. The van der Waals surface area contributed by atoms with Gasteiger partial charge in [-0.1, -0.05) is 0 Å². The van der Waals surface area contributed by atoms with Crippen LogP contribution in [0, 0.1) is 10.1 Å². The molecule has 0 unspecified atom stereocenters. The average Bonchev–Trinajstić information content (AvgIpc) is 2.56. The number of aromatic nitrogens is 2. The molecule has 8 heteroatoms. The Morgan fingerprint density at radius 1 is 1.73 bits per heavy atom. The number of aryl methyl sites for hydroxylation is 1. The van der Waals surface area contributed by atoms with Crippen molar-refractivity contribution >= 4 is 21.7 Å². The largest absolute Gasteiger partial charge is 0.394 e. The number of nitro groups is 1. The van der Waals surface area contributed by atoms with Crippen LogP contribution in [0.3, 0.4) is 0 Å². The van der Waals surface area contributed by atoms with E-state index in [1.807, 2.05) is 0 Å². The Hall–Kier alpha value is -0.990. The maximum atomic E-state index is 10.4. The van der Waals surface area contributed by atoms with Crippen molar-refractivity contribution in [3.05, 3.63) is 21.0 Å². The van der Waals surface area contributed by atoms with Crippen molar-refractivity contribution in [2.75, 3.05) is 6.61 Å². The van der Waals surface area contributed by atoms with Gasteiger partial charge in [-0.3, -0.25) is 4.57 Å². The summed E-state index contributed by atoms with van der Waals surface area (Å²) in [5.41, 5.74) is 0. The van der Waals surface area contributed by atoms with Crippen molar-refractivity contribution in [2.45, 2.75) is 19.1 Å². The minimum Gasteiger partial charge on any atom is -0.394 e. The SMILES string of the molecule is O=[N+]([O-])c1cn(CC[C@H](O)CO)c(Br)n1. The minimum absolute atomic E-state index is 0.250. The lowest BCUT2D eigenvalue weighted by atomic mass is 10.3. The molecule has 2 N–H and O–H groups in total. The van der Waals surface area contributed by atoms with Crippen molar-refractivity contribution in [1.29, 1.82) is 0 Å². The summed E-state index contributed by atoms with van der Waals surface area (Å²) in [6.45, 7) is 0.0254. The quantitative estimate of drug-likeness (QED) is 0.596. The highest BCUT2D eigenvalue weighted by molar-refractivity contribution is 9.10. The highest BCUT2D eigenvalue weighted by atomic mass is 79.9. The summed E-state index contributed by atoms with van der Waals surface area (Å²) in [7, 11) is 0. The fourth-order valence-electron chi connectivity index (χ4n) is 1.00. The zero-order valence-electron chi connectivity index (χ0n) is 7.71. The van der Waals surface area contributed by atoms with Crippen molar-refractivity contribution < 1.29 is 15.1 Å². The fraction of sp³-hybridized carbons (Fsp3) is 0.571. The molecule has 1 heterocycles. The number of nitrogens with zero attached hydrogens (tertiary/aromatic N) is 3. The van der Waals surface area contributed by atoms with Crippen LogP contribution < -0.4 is 0 Å². The number of hydrogen-bond acceptors (Lipinski definition) is 5. The second-order valence-electron chi connectivity index (χ2n) is 2.94. The Morgan fingerprint density at radius 2 is 2.40 bits per heavy atom. The third-order valence-corrected chi connectivity index (χ3v) is 2.45. The number of hydrogen-bond donors (Lipinski definition) is 2. The van der Waals surface area contributed by atoms with Gasteiger partial charge in [-0.05, 0) is 16.3 Å². The molecular weight excluding hydrogens is 270 g/mol.